The second-order valence-electron chi connectivity index (χ2n) is 4.71. The maximum absolute atomic E-state index is 12.5. The molecule has 3 aromatic heterocycles. The van der Waals surface area contributed by atoms with Crippen LogP contribution in [0, 0.1) is 6.07 Å². The van der Waals surface area contributed by atoms with Crippen LogP contribution in [-0.2, 0) is 0 Å². The van der Waals surface area contributed by atoms with E-state index in [2.05, 4.69) is 16.1 Å². The molecule has 0 fully saturated rings. The Hall–Kier alpha value is -2.79. The molecule has 4 rings (SSSR count). The van der Waals surface area contributed by atoms with Gasteiger partial charge in [0.25, 0.3) is 0 Å². The quantitative estimate of drug-likeness (QED) is 0.544. The first kappa shape index (κ1) is 12.9. The summed E-state index contributed by atoms with van der Waals surface area (Å²) in [6.45, 7) is 0. The minimum atomic E-state index is -0.0494. The highest BCUT2D eigenvalue weighted by atomic mass is 32.1. The number of fused-ring (bicyclic) bond motifs is 1. The molecular weight excluding hydrogens is 294 g/mol. The van der Waals surface area contributed by atoms with Gasteiger partial charge in [-0.2, -0.15) is 5.10 Å². The average Bonchev–Trinajstić information content (AvgIpc) is 3.24. The monoisotopic (exact) mass is 304 g/mol. The third-order valence-electron chi connectivity index (χ3n) is 3.38. The van der Waals surface area contributed by atoms with E-state index in [-0.39, 0.29) is 5.78 Å². The lowest BCUT2D eigenvalue weighted by Crippen LogP contribution is -2.01. The van der Waals surface area contributed by atoms with E-state index in [1.165, 1.54) is 11.3 Å². The van der Waals surface area contributed by atoms with Crippen molar-refractivity contribution < 1.29 is 4.79 Å². The summed E-state index contributed by atoms with van der Waals surface area (Å²) in [6.07, 6.45) is 3.27. The van der Waals surface area contributed by atoms with E-state index in [0.717, 1.165) is 11.3 Å². The van der Waals surface area contributed by atoms with Crippen LogP contribution in [0.15, 0.2) is 60.2 Å². The van der Waals surface area contributed by atoms with Crippen molar-refractivity contribution in [1.29, 1.82) is 0 Å². The van der Waals surface area contributed by atoms with Gasteiger partial charge in [0.2, 0.25) is 5.78 Å². The van der Waals surface area contributed by atoms with Crippen molar-refractivity contribution in [2.24, 2.45) is 0 Å². The number of thiophene rings is 1. The van der Waals surface area contributed by atoms with Gasteiger partial charge in [0.1, 0.15) is 0 Å². The summed E-state index contributed by atoms with van der Waals surface area (Å²) >= 11 is 1.42. The summed E-state index contributed by atoms with van der Waals surface area (Å²) < 4.78 is 1.69. The van der Waals surface area contributed by atoms with Gasteiger partial charge >= 0.3 is 0 Å². The highest BCUT2D eigenvalue weighted by molar-refractivity contribution is 7.12. The van der Waals surface area contributed by atoms with Gasteiger partial charge in [0.15, 0.2) is 5.65 Å². The van der Waals surface area contributed by atoms with Crippen molar-refractivity contribution in [2.45, 2.75) is 0 Å². The number of ketones is 1. The topological polar surface area (TPSA) is 47.3 Å². The number of hydrogen-bond acceptors (Lipinski definition) is 4. The van der Waals surface area contributed by atoms with Crippen molar-refractivity contribution in [2.75, 3.05) is 0 Å². The number of nitrogens with zero attached hydrogens (tertiary/aromatic N) is 3. The molecular formula is C17H10N3OS. The number of carbonyl (C=O) groups excluding carboxylic acids is 1. The Bertz CT molecular complexity index is 943. The van der Waals surface area contributed by atoms with Gasteiger partial charge in [0.05, 0.1) is 22.3 Å². The van der Waals surface area contributed by atoms with Crippen LogP contribution in [0.25, 0.3) is 16.9 Å². The molecule has 0 amide bonds. The summed E-state index contributed by atoms with van der Waals surface area (Å²) in [5.41, 5.74) is 2.84. The second kappa shape index (κ2) is 5.20. The molecule has 0 atom stereocenters. The Labute approximate surface area is 130 Å². The fraction of sp³-hybridized carbons (Fsp3) is 0. The maximum atomic E-state index is 12.5. The first-order valence-corrected chi connectivity index (χ1v) is 7.60. The van der Waals surface area contributed by atoms with E-state index < -0.39 is 0 Å². The lowest BCUT2D eigenvalue weighted by molar-refractivity contribution is 0.104. The minimum Gasteiger partial charge on any atom is -0.287 e. The van der Waals surface area contributed by atoms with Crippen molar-refractivity contribution in [1.82, 2.24) is 14.6 Å². The molecule has 5 heteroatoms. The molecule has 4 aromatic rings. The van der Waals surface area contributed by atoms with Crippen LogP contribution in [0.2, 0.25) is 0 Å². The van der Waals surface area contributed by atoms with Crippen LogP contribution < -0.4 is 0 Å². The van der Waals surface area contributed by atoms with Crippen LogP contribution >= 0.6 is 11.3 Å². The predicted octanol–water partition coefficient (Wildman–Crippen LogP) is 3.49. The molecule has 0 spiro atoms. The molecule has 1 radical (unpaired) electrons. The molecule has 0 aliphatic carbocycles. The average molecular weight is 304 g/mol. The maximum Gasteiger partial charge on any atom is 0.208 e. The zero-order valence-corrected chi connectivity index (χ0v) is 12.2. The predicted molar refractivity (Wildman–Crippen MR) is 85.0 cm³/mol. The van der Waals surface area contributed by atoms with E-state index >= 15 is 0 Å². The summed E-state index contributed by atoms with van der Waals surface area (Å²) in [4.78, 5) is 17.6. The van der Waals surface area contributed by atoms with Crippen LogP contribution in [0.5, 0.6) is 0 Å². The van der Waals surface area contributed by atoms with Gasteiger partial charge < -0.3 is 0 Å². The Morgan fingerprint density at radius 3 is 2.91 bits per heavy atom. The van der Waals surface area contributed by atoms with E-state index in [9.17, 15) is 4.79 Å². The molecule has 1 aromatic carbocycles. The van der Waals surface area contributed by atoms with Crippen molar-refractivity contribution in [3.8, 4) is 11.3 Å². The van der Waals surface area contributed by atoms with Crippen molar-refractivity contribution >= 4 is 22.8 Å². The molecule has 0 bridgehead atoms. The van der Waals surface area contributed by atoms with Gasteiger partial charge in [-0.15, -0.1) is 11.3 Å². The van der Waals surface area contributed by atoms with Gasteiger partial charge in [0, 0.05) is 11.8 Å². The Morgan fingerprint density at radius 1 is 1.18 bits per heavy atom. The molecule has 0 unspecified atom stereocenters. The van der Waals surface area contributed by atoms with Gasteiger partial charge in [-0.3, -0.25) is 4.79 Å². The molecule has 105 valence electrons. The molecule has 0 aliphatic rings. The summed E-state index contributed by atoms with van der Waals surface area (Å²) in [7, 11) is 0. The van der Waals surface area contributed by atoms with Crippen molar-refractivity contribution in [3.05, 3.63) is 76.7 Å². The Kier molecular flexibility index (Phi) is 3.05. The highest BCUT2D eigenvalue weighted by Gasteiger charge is 2.18. The molecule has 4 nitrogen and oxygen atoms in total. The lowest BCUT2D eigenvalue weighted by Gasteiger charge is -2.04. The number of hydrogen-bond donors (Lipinski definition) is 0. The van der Waals surface area contributed by atoms with E-state index in [1.54, 1.807) is 16.9 Å². The van der Waals surface area contributed by atoms with E-state index in [0.29, 0.717) is 16.1 Å². The third kappa shape index (κ3) is 2.03. The standard InChI is InChI=1S/C17H10N3OS/c21-16(15-7-4-10-22-15)13-11-19-20-14(8-9-18-17(13)20)12-5-2-1-3-6-12/h1-5,7-11H. The molecule has 0 N–H and O–H groups in total. The number of carbonyl (C=O) groups is 1. The molecule has 0 saturated heterocycles. The van der Waals surface area contributed by atoms with Gasteiger partial charge in [-0.05, 0) is 23.6 Å². The number of rotatable bonds is 3. The van der Waals surface area contributed by atoms with Gasteiger partial charge in [-0.1, -0.05) is 30.3 Å². The van der Waals surface area contributed by atoms with Crippen LogP contribution in [0.3, 0.4) is 0 Å². The zero-order valence-electron chi connectivity index (χ0n) is 11.4. The minimum absolute atomic E-state index is 0.0494. The molecule has 22 heavy (non-hydrogen) atoms. The highest BCUT2D eigenvalue weighted by Crippen LogP contribution is 2.22. The lowest BCUT2D eigenvalue weighted by atomic mass is 10.1. The van der Waals surface area contributed by atoms with Gasteiger partial charge in [-0.25, -0.2) is 9.50 Å². The number of aromatic nitrogens is 3. The van der Waals surface area contributed by atoms with Crippen molar-refractivity contribution in [3.63, 3.8) is 0 Å². The summed E-state index contributed by atoms with van der Waals surface area (Å²) in [6, 6.07) is 16.4. The van der Waals surface area contributed by atoms with E-state index in [1.807, 2.05) is 47.8 Å². The SMILES string of the molecule is O=C(c1cccs1)c1cnn2c(-c3[c]cccc3)ccnc12. The zero-order chi connectivity index (χ0) is 14.9. The number of benzene rings is 1. The molecule has 3 heterocycles. The molecule has 0 saturated carbocycles. The smallest absolute Gasteiger partial charge is 0.208 e. The molecule has 0 aliphatic heterocycles. The fourth-order valence-electron chi connectivity index (χ4n) is 2.35. The van der Waals surface area contributed by atoms with Crippen LogP contribution in [0.1, 0.15) is 15.2 Å². The Morgan fingerprint density at radius 2 is 2.14 bits per heavy atom. The van der Waals surface area contributed by atoms with E-state index in [4.69, 9.17) is 0 Å². The second-order valence-corrected chi connectivity index (χ2v) is 5.65. The summed E-state index contributed by atoms with van der Waals surface area (Å²) in [5, 5.41) is 6.23. The fourth-order valence-corrected chi connectivity index (χ4v) is 3.03. The normalized spacial score (nSPS) is 10.9. The van der Waals surface area contributed by atoms with Crippen LogP contribution in [0.4, 0.5) is 0 Å². The Balaban J connectivity index is 1.89. The van der Waals surface area contributed by atoms with Crippen LogP contribution in [-0.4, -0.2) is 20.4 Å². The first-order valence-electron chi connectivity index (χ1n) is 6.72. The third-order valence-corrected chi connectivity index (χ3v) is 4.24. The largest absolute Gasteiger partial charge is 0.287 e. The summed E-state index contributed by atoms with van der Waals surface area (Å²) in [5.74, 6) is -0.0494. The first-order chi connectivity index (χ1) is 10.8.